The van der Waals surface area contributed by atoms with E-state index in [4.69, 9.17) is 18.9 Å². The van der Waals surface area contributed by atoms with E-state index in [0.717, 1.165) is 33.4 Å². The van der Waals surface area contributed by atoms with Crippen molar-refractivity contribution in [1.82, 2.24) is 0 Å². The van der Waals surface area contributed by atoms with Crippen molar-refractivity contribution in [2.45, 2.75) is 37.9 Å². The van der Waals surface area contributed by atoms with Gasteiger partial charge in [-0.2, -0.15) is 0 Å². The van der Waals surface area contributed by atoms with Gasteiger partial charge in [0.1, 0.15) is 11.5 Å². The third kappa shape index (κ3) is 8.56. The highest BCUT2D eigenvalue weighted by Crippen LogP contribution is 2.35. The van der Waals surface area contributed by atoms with Gasteiger partial charge in [-0.25, -0.2) is 4.79 Å². The Morgan fingerprint density at radius 2 is 0.720 bits per heavy atom. The van der Waals surface area contributed by atoms with Crippen LogP contribution in [0.2, 0.25) is 0 Å². The van der Waals surface area contributed by atoms with E-state index in [1.54, 1.807) is 24.3 Å². The lowest BCUT2D eigenvalue weighted by Gasteiger charge is -2.31. The molecule has 5 heteroatoms. The fourth-order valence-corrected chi connectivity index (χ4v) is 6.17. The predicted octanol–water partition coefficient (Wildman–Crippen LogP) is 10.3. The number of carbonyl (C=O) groups excluding carboxylic acids is 1. The summed E-state index contributed by atoms with van der Waals surface area (Å²) in [7, 11) is 0. The second-order valence-corrected chi connectivity index (χ2v) is 12.9. The molecule has 6 rings (SSSR count). The maximum Gasteiger partial charge on any atom is 0.519 e. The number of ether oxygens (including phenoxy) is 4. The van der Waals surface area contributed by atoms with Crippen molar-refractivity contribution < 1.29 is 23.7 Å². The lowest BCUT2D eigenvalue weighted by atomic mass is 9.77. The molecule has 0 N–H and O–H groups in total. The molecule has 0 aromatic heterocycles. The minimum Gasteiger partial charge on any atom is -0.395 e. The number of hydrogen-bond acceptors (Lipinski definition) is 5. The molecule has 0 spiro atoms. The Morgan fingerprint density at radius 1 is 0.420 bits per heavy atom. The summed E-state index contributed by atoms with van der Waals surface area (Å²) in [5, 5.41) is 0. The van der Waals surface area contributed by atoms with E-state index in [-0.39, 0.29) is 0 Å². The first-order valence-corrected chi connectivity index (χ1v) is 16.9. The molecule has 6 aromatic carbocycles. The van der Waals surface area contributed by atoms with Crippen molar-refractivity contribution in [3.05, 3.63) is 203 Å². The van der Waals surface area contributed by atoms with Gasteiger partial charge in [-0.1, -0.05) is 146 Å². The second-order valence-electron chi connectivity index (χ2n) is 12.9. The summed E-state index contributed by atoms with van der Waals surface area (Å²) >= 11 is 0. The molecule has 0 radical (unpaired) electrons. The van der Waals surface area contributed by atoms with Gasteiger partial charge >= 0.3 is 6.16 Å². The van der Waals surface area contributed by atoms with Gasteiger partial charge < -0.3 is 18.9 Å². The Morgan fingerprint density at radius 3 is 1.06 bits per heavy atom. The third-order valence-corrected chi connectivity index (χ3v) is 9.21. The molecule has 0 bridgehead atoms. The van der Waals surface area contributed by atoms with Crippen molar-refractivity contribution >= 4 is 6.16 Å². The molecule has 50 heavy (non-hydrogen) atoms. The summed E-state index contributed by atoms with van der Waals surface area (Å²) in [6.45, 7) is 6.33. The van der Waals surface area contributed by atoms with E-state index in [2.05, 4.69) is 62.4 Å². The summed E-state index contributed by atoms with van der Waals surface area (Å²) in [6, 6.07) is 55.9. The SMILES string of the molecule is CC(COCc1ccccc1)(c1ccccc1)c1ccc(OC(=O)Oc2ccc(C(C)(COCc3ccccc3)c3ccccc3)cc2)cc1. The number of hydrogen-bond donors (Lipinski definition) is 0. The lowest BCUT2D eigenvalue weighted by Crippen LogP contribution is -2.30. The van der Waals surface area contributed by atoms with Crippen molar-refractivity contribution in [2.24, 2.45) is 0 Å². The second kappa shape index (κ2) is 16.3. The zero-order chi connectivity index (χ0) is 34.7. The average Bonchev–Trinajstić information content (AvgIpc) is 3.17. The summed E-state index contributed by atoms with van der Waals surface area (Å²) in [5.41, 5.74) is 5.77. The molecule has 0 amide bonds. The molecule has 0 saturated carbocycles. The van der Waals surface area contributed by atoms with E-state index >= 15 is 0 Å². The molecule has 0 aliphatic carbocycles. The van der Waals surface area contributed by atoms with Gasteiger partial charge in [0.05, 0.1) is 26.4 Å². The van der Waals surface area contributed by atoms with Crippen LogP contribution in [0, 0.1) is 0 Å². The van der Waals surface area contributed by atoms with Crippen LogP contribution in [0.1, 0.15) is 47.2 Å². The minimum atomic E-state index is -0.806. The van der Waals surface area contributed by atoms with Crippen LogP contribution in [0.4, 0.5) is 4.79 Å². The van der Waals surface area contributed by atoms with Crippen molar-refractivity contribution in [3.8, 4) is 11.5 Å². The van der Waals surface area contributed by atoms with Crippen LogP contribution in [-0.4, -0.2) is 19.4 Å². The first-order valence-electron chi connectivity index (χ1n) is 16.9. The molecule has 6 aromatic rings. The van der Waals surface area contributed by atoms with Crippen molar-refractivity contribution in [1.29, 1.82) is 0 Å². The normalized spacial score (nSPS) is 13.5. The zero-order valence-corrected chi connectivity index (χ0v) is 28.5. The molecule has 0 saturated heterocycles. The Bertz CT molecular complexity index is 1770. The highest BCUT2D eigenvalue weighted by molar-refractivity contribution is 5.67. The topological polar surface area (TPSA) is 54.0 Å². The number of benzene rings is 6. The molecule has 2 atom stereocenters. The molecular formula is C45H42O5. The van der Waals surface area contributed by atoms with Gasteiger partial charge in [0, 0.05) is 10.8 Å². The van der Waals surface area contributed by atoms with Crippen LogP contribution >= 0.6 is 0 Å². The predicted molar refractivity (Wildman–Crippen MR) is 198 cm³/mol. The number of rotatable bonds is 14. The minimum absolute atomic E-state index is 0.392. The summed E-state index contributed by atoms with van der Waals surface area (Å²) in [5.74, 6) is 0.784. The van der Waals surface area contributed by atoms with Crippen LogP contribution in [-0.2, 0) is 33.5 Å². The highest BCUT2D eigenvalue weighted by atomic mass is 16.7. The molecule has 0 heterocycles. The zero-order valence-electron chi connectivity index (χ0n) is 28.5. The van der Waals surface area contributed by atoms with E-state index in [1.807, 2.05) is 97.1 Å². The van der Waals surface area contributed by atoms with Crippen molar-refractivity contribution in [3.63, 3.8) is 0 Å². The van der Waals surface area contributed by atoms with E-state index in [0.29, 0.717) is 37.9 Å². The maximum atomic E-state index is 12.9. The van der Waals surface area contributed by atoms with Gasteiger partial charge in [0.15, 0.2) is 0 Å². The van der Waals surface area contributed by atoms with Gasteiger partial charge in [0.2, 0.25) is 0 Å². The number of carbonyl (C=O) groups is 1. The average molecular weight is 663 g/mol. The molecule has 0 fully saturated rings. The van der Waals surface area contributed by atoms with Crippen LogP contribution in [0.25, 0.3) is 0 Å². The first kappa shape index (κ1) is 34.4. The summed E-state index contributed by atoms with van der Waals surface area (Å²) in [4.78, 5) is 12.9. The van der Waals surface area contributed by atoms with Gasteiger partial charge in [-0.3, -0.25) is 0 Å². The molecule has 5 nitrogen and oxygen atoms in total. The Kier molecular flexibility index (Phi) is 11.2. The summed E-state index contributed by atoms with van der Waals surface area (Å²) < 4.78 is 23.6. The van der Waals surface area contributed by atoms with Gasteiger partial charge in [-0.15, -0.1) is 0 Å². The monoisotopic (exact) mass is 662 g/mol. The van der Waals surface area contributed by atoms with Crippen LogP contribution < -0.4 is 9.47 Å². The maximum absolute atomic E-state index is 12.9. The largest absolute Gasteiger partial charge is 0.519 e. The Hall–Kier alpha value is -5.49. The van der Waals surface area contributed by atoms with Crippen LogP contribution in [0.15, 0.2) is 170 Å². The smallest absolute Gasteiger partial charge is 0.395 e. The fourth-order valence-electron chi connectivity index (χ4n) is 6.17. The quantitative estimate of drug-likeness (QED) is 0.0858. The highest BCUT2D eigenvalue weighted by Gasteiger charge is 2.31. The van der Waals surface area contributed by atoms with Crippen LogP contribution in [0.5, 0.6) is 11.5 Å². The molecule has 2 unspecified atom stereocenters. The Labute approximate surface area is 295 Å². The fraction of sp³-hybridized carbons (Fsp3) is 0.178. The van der Waals surface area contributed by atoms with E-state index < -0.39 is 17.0 Å². The van der Waals surface area contributed by atoms with Gasteiger partial charge in [-0.05, 0) is 71.5 Å². The molecular weight excluding hydrogens is 620 g/mol. The molecule has 252 valence electrons. The Balaban J connectivity index is 1.10. The van der Waals surface area contributed by atoms with Gasteiger partial charge in [0.25, 0.3) is 0 Å². The van der Waals surface area contributed by atoms with E-state index in [1.165, 1.54) is 0 Å². The first-order chi connectivity index (χ1) is 24.4. The van der Waals surface area contributed by atoms with E-state index in [9.17, 15) is 4.79 Å². The third-order valence-electron chi connectivity index (χ3n) is 9.21. The van der Waals surface area contributed by atoms with Crippen molar-refractivity contribution in [2.75, 3.05) is 13.2 Å². The summed E-state index contributed by atoms with van der Waals surface area (Å²) in [6.07, 6.45) is -0.806. The lowest BCUT2D eigenvalue weighted by molar-refractivity contribution is 0.0889. The molecule has 0 aliphatic rings. The molecule has 0 aliphatic heterocycles. The van der Waals surface area contributed by atoms with Crippen LogP contribution in [0.3, 0.4) is 0 Å². The standard InChI is InChI=1S/C45H42O5/c1-44(37-19-11-5-12-20-37,33-47-31-35-15-7-3-8-16-35)39-23-27-41(28-24-39)49-43(46)50-42-29-25-40(26-30-42)45(2,38-21-13-6-14-22-38)34-48-32-36-17-9-4-10-18-36/h3-30H,31-34H2,1-2H3.